The van der Waals surface area contributed by atoms with Crippen molar-refractivity contribution >= 4 is 27.7 Å². The lowest BCUT2D eigenvalue weighted by atomic mass is 9.96. The molecule has 0 amide bonds. The number of carbonyl (C=O) groups excluding carboxylic acids is 1. The number of aliphatic hydroxyl groups excluding tert-OH is 1. The van der Waals surface area contributed by atoms with Crippen molar-refractivity contribution in [3.8, 4) is 11.1 Å². The van der Waals surface area contributed by atoms with Gasteiger partial charge in [-0.15, -0.1) is 0 Å². The summed E-state index contributed by atoms with van der Waals surface area (Å²) < 4.78 is 1.79. The Morgan fingerprint density at radius 3 is 2.44 bits per heavy atom. The van der Waals surface area contributed by atoms with E-state index in [0.717, 1.165) is 44.1 Å². The third kappa shape index (κ3) is 2.36. The second-order valence-electron chi connectivity index (χ2n) is 6.40. The molecule has 0 saturated carbocycles. The molecule has 0 spiro atoms. The molecule has 124 valence electrons. The van der Waals surface area contributed by atoms with E-state index in [0.29, 0.717) is 0 Å². The van der Waals surface area contributed by atoms with E-state index >= 15 is 0 Å². The topological polar surface area (TPSA) is 42.2 Å². The van der Waals surface area contributed by atoms with Gasteiger partial charge in [0.25, 0.3) is 0 Å². The first-order valence-electron chi connectivity index (χ1n) is 8.35. The molecule has 0 aliphatic carbocycles. The van der Waals surface area contributed by atoms with Gasteiger partial charge in [0.2, 0.25) is 5.91 Å². The number of carbonyl (C=O) groups is 1. The molecule has 1 aromatic heterocycles. The van der Waals surface area contributed by atoms with E-state index in [1.807, 2.05) is 42.5 Å². The Kier molecular flexibility index (Phi) is 3.66. The van der Waals surface area contributed by atoms with Crippen LogP contribution in [0.15, 0.2) is 60.7 Å². The maximum absolute atomic E-state index is 12.5. The summed E-state index contributed by atoms with van der Waals surface area (Å²) in [5.74, 6) is -0.0159. The highest BCUT2D eigenvalue weighted by atomic mass is 16.3. The molecule has 1 N–H and O–H groups in total. The Hall–Kier alpha value is -2.91. The molecule has 0 fully saturated rings. The SMILES string of the molecule is CC(=O)n1c2ccccc2c2cc(C)cc(-c3ccccc3CO)c21. The van der Waals surface area contributed by atoms with Crippen molar-refractivity contribution in [1.82, 2.24) is 4.57 Å². The predicted octanol–water partition coefficient (Wildman–Crippen LogP) is 4.92. The Balaban J connectivity index is 2.24. The van der Waals surface area contributed by atoms with Crippen LogP contribution >= 0.6 is 0 Å². The first-order valence-corrected chi connectivity index (χ1v) is 8.35. The van der Waals surface area contributed by atoms with E-state index in [-0.39, 0.29) is 12.5 Å². The molecule has 25 heavy (non-hydrogen) atoms. The average molecular weight is 329 g/mol. The molecule has 3 aromatic carbocycles. The van der Waals surface area contributed by atoms with Crippen LogP contribution in [-0.4, -0.2) is 15.6 Å². The number of aryl methyl sites for hydroxylation is 1. The number of rotatable bonds is 2. The van der Waals surface area contributed by atoms with E-state index in [2.05, 4.69) is 25.1 Å². The highest BCUT2D eigenvalue weighted by molar-refractivity contribution is 6.17. The molecular formula is C22H19NO2. The first-order chi connectivity index (χ1) is 12.1. The monoisotopic (exact) mass is 329 g/mol. The Labute approximate surface area is 146 Å². The van der Waals surface area contributed by atoms with Crippen molar-refractivity contribution in [2.45, 2.75) is 20.5 Å². The number of aliphatic hydroxyl groups is 1. The average Bonchev–Trinajstić information content (AvgIpc) is 2.95. The van der Waals surface area contributed by atoms with E-state index in [9.17, 15) is 9.90 Å². The zero-order valence-electron chi connectivity index (χ0n) is 14.3. The normalized spacial score (nSPS) is 11.3. The largest absolute Gasteiger partial charge is 0.392 e. The number of nitrogens with zero attached hydrogens (tertiary/aromatic N) is 1. The lowest BCUT2D eigenvalue weighted by Gasteiger charge is -2.12. The fourth-order valence-electron chi connectivity index (χ4n) is 3.70. The van der Waals surface area contributed by atoms with Gasteiger partial charge in [-0.1, -0.05) is 42.5 Å². The van der Waals surface area contributed by atoms with Gasteiger partial charge >= 0.3 is 0 Å². The van der Waals surface area contributed by atoms with Crippen LogP contribution in [-0.2, 0) is 6.61 Å². The van der Waals surface area contributed by atoms with Crippen molar-refractivity contribution in [3.05, 3.63) is 71.8 Å². The van der Waals surface area contributed by atoms with Crippen LogP contribution in [0.4, 0.5) is 0 Å². The summed E-state index contributed by atoms with van der Waals surface area (Å²) in [5.41, 5.74) is 5.74. The molecule has 3 heteroatoms. The minimum Gasteiger partial charge on any atom is -0.392 e. The maximum Gasteiger partial charge on any atom is 0.228 e. The van der Waals surface area contributed by atoms with Crippen LogP contribution in [0.2, 0.25) is 0 Å². The summed E-state index contributed by atoms with van der Waals surface area (Å²) in [6.45, 7) is 3.61. The molecule has 0 atom stereocenters. The minimum absolute atomic E-state index is 0.0159. The smallest absolute Gasteiger partial charge is 0.228 e. The van der Waals surface area contributed by atoms with Crippen LogP contribution < -0.4 is 0 Å². The number of para-hydroxylation sites is 1. The summed E-state index contributed by atoms with van der Waals surface area (Å²) in [4.78, 5) is 12.5. The minimum atomic E-state index is -0.0358. The lowest BCUT2D eigenvalue weighted by Crippen LogP contribution is -2.06. The third-order valence-electron chi connectivity index (χ3n) is 4.71. The highest BCUT2D eigenvalue weighted by Gasteiger charge is 2.18. The summed E-state index contributed by atoms with van der Waals surface area (Å²) in [6.07, 6.45) is 0. The molecule has 0 aliphatic rings. The highest BCUT2D eigenvalue weighted by Crippen LogP contribution is 2.38. The van der Waals surface area contributed by atoms with Crippen LogP contribution in [0.3, 0.4) is 0 Å². The molecule has 1 heterocycles. The zero-order chi connectivity index (χ0) is 17.6. The van der Waals surface area contributed by atoms with Crippen molar-refractivity contribution in [1.29, 1.82) is 0 Å². The summed E-state index contributed by atoms with van der Waals surface area (Å²) in [7, 11) is 0. The second-order valence-corrected chi connectivity index (χ2v) is 6.40. The van der Waals surface area contributed by atoms with E-state index in [1.54, 1.807) is 11.5 Å². The van der Waals surface area contributed by atoms with Gasteiger partial charge in [0.15, 0.2) is 0 Å². The fraction of sp³-hybridized carbons (Fsp3) is 0.136. The number of hydrogen-bond acceptors (Lipinski definition) is 2. The molecule has 3 nitrogen and oxygen atoms in total. The summed E-state index contributed by atoms with van der Waals surface area (Å²) in [5, 5.41) is 11.9. The molecule has 0 unspecified atom stereocenters. The molecular weight excluding hydrogens is 310 g/mol. The Bertz CT molecular complexity index is 1120. The van der Waals surface area contributed by atoms with Crippen LogP contribution in [0.1, 0.15) is 22.8 Å². The van der Waals surface area contributed by atoms with E-state index < -0.39 is 0 Å². The number of fused-ring (bicyclic) bond motifs is 3. The van der Waals surface area contributed by atoms with Gasteiger partial charge in [0.05, 0.1) is 17.6 Å². The van der Waals surface area contributed by atoms with Crippen molar-refractivity contribution in [3.63, 3.8) is 0 Å². The maximum atomic E-state index is 12.5. The van der Waals surface area contributed by atoms with Gasteiger partial charge in [-0.05, 0) is 41.8 Å². The molecule has 4 aromatic rings. The Morgan fingerprint density at radius 1 is 0.960 bits per heavy atom. The number of hydrogen-bond donors (Lipinski definition) is 1. The molecule has 4 rings (SSSR count). The van der Waals surface area contributed by atoms with Gasteiger partial charge < -0.3 is 5.11 Å². The third-order valence-corrected chi connectivity index (χ3v) is 4.71. The van der Waals surface area contributed by atoms with E-state index in [4.69, 9.17) is 0 Å². The van der Waals surface area contributed by atoms with Crippen molar-refractivity contribution in [2.75, 3.05) is 0 Å². The number of benzene rings is 3. The fourth-order valence-corrected chi connectivity index (χ4v) is 3.70. The molecule has 0 bridgehead atoms. The summed E-state index contributed by atoms with van der Waals surface area (Å²) in [6, 6.07) is 20.0. The summed E-state index contributed by atoms with van der Waals surface area (Å²) >= 11 is 0. The van der Waals surface area contributed by atoms with Gasteiger partial charge in [0.1, 0.15) is 0 Å². The molecule has 0 saturated heterocycles. The van der Waals surface area contributed by atoms with E-state index in [1.165, 1.54) is 0 Å². The standard InChI is InChI=1S/C22H19NO2/c1-14-11-19(17-8-4-3-7-16(17)13-24)22-20(12-14)18-9-5-6-10-21(18)23(22)15(2)25/h3-12,24H,13H2,1-2H3. The van der Waals surface area contributed by atoms with Gasteiger partial charge in [-0.2, -0.15) is 0 Å². The van der Waals surface area contributed by atoms with Gasteiger partial charge in [0, 0.05) is 23.3 Å². The van der Waals surface area contributed by atoms with Crippen LogP contribution in [0.5, 0.6) is 0 Å². The second kappa shape index (κ2) is 5.87. The van der Waals surface area contributed by atoms with Crippen LogP contribution in [0, 0.1) is 6.92 Å². The molecule has 0 aliphatic heterocycles. The predicted molar refractivity (Wildman–Crippen MR) is 102 cm³/mol. The van der Waals surface area contributed by atoms with Crippen LogP contribution in [0.25, 0.3) is 32.9 Å². The zero-order valence-corrected chi connectivity index (χ0v) is 14.3. The van der Waals surface area contributed by atoms with Crippen molar-refractivity contribution in [2.24, 2.45) is 0 Å². The van der Waals surface area contributed by atoms with Crippen molar-refractivity contribution < 1.29 is 9.90 Å². The molecule has 0 radical (unpaired) electrons. The quantitative estimate of drug-likeness (QED) is 0.567. The number of aromatic nitrogens is 1. The van der Waals surface area contributed by atoms with Gasteiger partial charge in [-0.25, -0.2) is 0 Å². The Morgan fingerprint density at radius 2 is 1.68 bits per heavy atom. The first kappa shape index (κ1) is 15.6. The lowest BCUT2D eigenvalue weighted by molar-refractivity contribution is 0.0946. The van der Waals surface area contributed by atoms with Gasteiger partial charge in [-0.3, -0.25) is 9.36 Å².